The largest absolute Gasteiger partial charge is 0.399 e. The molecule has 3 aromatic rings. The van der Waals surface area contributed by atoms with E-state index >= 15 is 0 Å². The molecule has 0 unspecified atom stereocenters. The second-order valence-electron chi connectivity index (χ2n) is 4.68. The van der Waals surface area contributed by atoms with Gasteiger partial charge in [0.05, 0.1) is 16.0 Å². The number of benzene rings is 2. The Balaban J connectivity index is 2.06. The van der Waals surface area contributed by atoms with E-state index in [1.165, 1.54) is 0 Å². The predicted octanol–water partition coefficient (Wildman–Crippen LogP) is 3.00. The van der Waals surface area contributed by atoms with Gasteiger partial charge in [0.25, 0.3) is 0 Å². The van der Waals surface area contributed by atoms with Gasteiger partial charge in [0.15, 0.2) is 0 Å². The molecule has 0 aliphatic rings. The summed E-state index contributed by atoms with van der Waals surface area (Å²) in [5.74, 6) is 0.833. The standard InChI is InChI=1S/C15H15N5/c1-19-14-6-4-3-5-13(14)15(20(19)2)18-17-12-9-7-11(16)8-10-12/h3-10,16H,1-2H3/p+1. The molecule has 5 heteroatoms. The second-order valence-corrected chi connectivity index (χ2v) is 4.68. The topological polar surface area (TPSA) is 59.6 Å². The normalized spacial score (nSPS) is 11.5. The van der Waals surface area contributed by atoms with Crippen LogP contribution < -0.4 is 10.4 Å². The average Bonchev–Trinajstić information content (AvgIpc) is 2.71. The molecular formula is C15H16N5+. The summed E-state index contributed by atoms with van der Waals surface area (Å²) in [4.78, 5) is 0. The van der Waals surface area contributed by atoms with Gasteiger partial charge < -0.3 is 5.73 Å². The van der Waals surface area contributed by atoms with E-state index in [4.69, 9.17) is 5.73 Å². The first kappa shape index (κ1) is 12.3. The lowest BCUT2D eigenvalue weighted by Gasteiger charge is -1.93. The fourth-order valence-corrected chi connectivity index (χ4v) is 2.19. The van der Waals surface area contributed by atoms with Gasteiger partial charge in [-0.3, -0.25) is 0 Å². The molecule has 0 atom stereocenters. The minimum atomic E-state index is 0.722. The van der Waals surface area contributed by atoms with Gasteiger partial charge in [-0.05, 0) is 41.5 Å². The predicted molar refractivity (Wildman–Crippen MR) is 79.1 cm³/mol. The van der Waals surface area contributed by atoms with Crippen LogP contribution >= 0.6 is 0 Å². The van der Waals surface area contributed by atoms with Crippen LogP contribution in [-0.4, -0.2) is 4.68 Å². The van der Waals surface area contributed by atoms with E-state index in [2.05, 4.69) is 16.3 Å². The number of azo groups is 1. The van der Waals surface area contributed by atoms with Crippen molar-refractivity contribution in [1.29, 1.82) is 0 Å². The maximum absolute atomic E-state index is 5.66. The monoisotopic (exact) mass is 266 g/mol. The van der Waals surface area contributed by atoms with Gasteiger partial charge in [0, 0.05) is 12.7 Å². The number of nitrogens with two attached hydrogens (primary N) is 1. The maximum atomic E-state index is 5.66. The zero-order valence-corrected chi connectivity index (χ0v) is 11.5. The molecule has 1 heterocycles. The van der Waals surface area contributed by atoms with Crippen molar-refractivity contribution in [3.8, 4) is 0 Å². The summed E-state index contributed by atoms with van der Waals surface area (Å²) in [6.45, 7) is 0. The number of hydrogen-bond acceptors (Lipinski definition) is 3. The number of hydrogen-bond donors (Lipinski definition) is 1. The third-order valence-electron chi connectivity index (χ3n) is 3.40. The summed E-state index contributed by atoms with van der Waals surface area (Å²) in [7, 11) is 3.97. The molecule has 2 aromatic carbocycles. The number of para-hydroxylation sites is 1. The van der Waals surface area contributed by atoms with E-state index in [0.29, 0.717) is 0 Å². The number of nitrogen functional groups attached to an aromatic ring is 1. The van der Waals surface area contributed by atoms with Crippen molar-refractivity contribution in [1.82, 2.24) is 4.68 Å². The van der Waals surface area contributed by atoms with Crippen LogP contribution in [0.5, 0.6) is 0 Å². The highest BCUT2D eigenvalue weighted by molar-refractivity contribution is 5.86. The first-order chi connectivity index (χ1) is 9.66. The highest BCUT2D eigenvalue weighted by Gasteiger charge is 2.18. The quantitative estimate of drug-likeness (QED) is 0.432. The molecular weight excluding hydrogens is 250 g/mol. The summed E-state index contributed by atoms with van der Waals surface area (Å²) < 4.78 is 4.03. The smallest absolute Gasteiger partial charge is 0.378 e. The van der Waals surface area contributed by atoms with E-state index in [9.17, 15) is 0 Å². The lowest BCUT2D eigenvalue weighted by atomic mass is 10.2. The molecule has 1 aromatic heterocycles. The fourth-order valence-electron chi connectivity index (χ4n) is 2.19. The molecule has 0 amide bonds. The Labute approximate surface area is 117 Å². The Hall–Kier alpha value is -2.69. The SMILES string of the molecule is Cn1c2ccccc2c(N=Nc2ccc(N)cc2)[n+]1C. The van der Waals surface area contributed by atoms with Crippen molar-refractivity contribution >= 4 is 28.1 Å². The molecule has 0 fully saturated rings. The Morgan fingerprint density at radius 3 is 2.45 bits per heavy atom. The lowest BCUT2D eigenvalue weighted by Crippen LogP contribution is -2.36. The van der Waals surface area contributed by atoms with E-state index in [-0.39, 0.29) is 0 Å². The van der Waals surface area contributed by atoms with Crippen LogP contribution in [0.1, 0.15) is 0 Å². The fraction of sp³-hybridized carbons (Fsp3) is 0.133. The lowest BCUT2D eigenvalue weighted by molar-refractivity contribution is -0.737. The van der Waals surface area contributed by atoms with Gasteiger partial charge in [-0.1, -0.05) is 12.1 Å². The summed E-state index contributed by atoms with van der Waals surface area (Å²) in [5.41, 5.74) is 8.29. The highest BCUT2D eigenvalue weighted by Crippen LogP contribution is 2.24. The first-order valence-electron chi connectivity index (χ1n) is 6.38. The summed E-state index contributed by atoms with van der Waals surface area (Å²) in [5, 5.41) is 9.74. The van der Waals surface area contributed by atoms with Crippen LogP contribution in [-0.2, 0) is 14.1 Å². The molecule has 3 rings (SSSR count). The van der Waals surface area contributed by atoms with Crippen LogP contribution in [0.3, 0.4) is 0 Å². The van der Waals surface area contributed by atoms with Crippen LogP contribution in [0, 0.1) is 0 Å². The van der Waals surface area contributed by atoms with Gasteiger partial charge in [-0.15, -0.1) is 0 Å². The Morgan fingerprint density at radius 2 is 1.70 bits per heavy atom. The molecule has 0 aliphatic carbocycles. The Kier molecular flexibility index (Phi) is 2.95. The van der Waals surface area contributed by atoms with Gasteiger partial charge in [-0.25, -0.2) is 4.68 Å². The molecule has 2 N–H and O–H groups in total. The van der Waals surface area contributed by atoms with Gasteiger partial charge in [0.1, 0.15) is 12.7 Å². The van der Waals surface area contributed by atoms with Crippen LogP contribution in [0.2, 0.25) is 0 Å². The number of fused-ring (bicyclic) bond motifs is 1. The zero-order chi connectivity index (χ0) is 14.1. The van der Waals surface area contributed by atoms with Crippen molar-refractivity contribution in [3.63, 3.8) is 0 Å². The molecule has 20 heavy (non-hydrogen) atoms. The van der Waals surface area contributed by atoms with Crippen molar-refractivity contribution in [2.75, 3.05) is 5.73 Å². The molecule has 0 aliphatic heterocycles. The van der Waals surface area contributed by atoms with E-state index < -0.39 is 0 Å². The van der Waals surface area contributed by atoms with E-state index in [0.717, 1.165) is 28.1 Å². The molecule has 0 radical (unpaired) electrons. The minimum absolute atomic E-state index is 0.722. The highest BCUT2D eigenvalue weighted by atomic mass is 15.4. The second kappa shape index (κ2) is 4.77. The number of aromatic nitrogens is 2. The molecule has 0 saturated carbocycles. The van der Waals surface area contributed by atoms with E-state index in [1.54, 1.807) is 0 Å². The molecule has 0 spiro atoms. The number of nitrogens with zero attached hydrogens (tertiary/aromatic N) is 4. The Morgan fingerprint density at radius 1 is 1.00 bits per heavy atom. The maximum Gasteiger partial charge on any atom is 0.378 e. The van der Waals surface area contributed by atoms with Gasteiger partial charge >= 0.3 is 5.82 Å². The summed E-state index contributed by atoms with van der Waals surface area (Å²) in [6.07, 6.45) is 0. The van der Waals surface area contributed by atoms with E-state index in [1.807, 2.05) is 65.9 Å². The third kappa shape index (κ3) is 2.03. The van der Waals surface area contributed by atoms with Crippen molar-refractivity contribution in [3.05, 3.63) is 48.5 Å². The van der Waals surface area contributed by atoms with Gasteiger partial charge in [0.2, 0.25) is 0 Å². The number of rotatable bonds is 2. The minimum Gasteiger partial charge on any atom is -0.399 e. The summed E-state index contributed by atoms with van der Waals surface area (Å²) >= 11 is 0. The third-order valence-corrected chi connectivity index (χ3v) is 3.40. The molecule has 0 bridgehead atoms. The molecule has 100 valence electrons. The van der Waals surface area contributed by atoms with Crippen LogP contribution in [0.25, 0.3) is 10.9 Å². The first-order valence-corrected chi connectivity index (χ1v) is 6.38. The van der Waals surface area contributed by atoms with Gasteiger partial charge in [-0.2, -0.15) is 4.68 Å². The van der Waals surface area contributed by atoms with Crippen molar-refractivity contribution in [2.45, 2.75) is 0 Å². The number of anilines is 1. The van der Waals surface area contributed by atoms with Crippen LogP contribution in [0.4, 0.5) is 17.2 Å². The number of aryl methyl sites for hydroxylation is 1. The average molecular weight is 266 g/mol. The Bertz CT molecular complexity index is 784. The zero-order valence-electron chi connectivity index (χ0n) is 11.5. The summed E-state index contributed by atoms with van der Waals surface area (Å²) in [6, 6.07) is 15.5. The molecule has 0 saturated heterocycles. The van der Waals surface area contributed by atoms with Crippen molar-refractivity contribution < 1.29 is 4.68 Å². The molecule has 5 nitrogen and oxygen atoms in total. The van der Waals surface area contributed by atoms with Crippen molar-refractivity contribution in [2.24, 2.45) is 24.3 Å². The van der Waals surface area contributed by atoms with Crippen LogP contribution in [0.15, 0.2) is 58.8 Å².